The van der Waals surface area contributed by atoms with Gasteiger partial charge in [-0.15, -0.1) is 11.3 Å². The third kappa shape index (κ3) is 5.36. The number of carbonyl (C=O) groups is 1. The molecule has 0 saturated carbocycles. The fraction of sp³-hybridized carbons (Fsp3) is 0.286. The number of nitrogens with zero attached hydrogens (tertiary/aromatic N) is 1. The number of aryl methyl sites for hydroxylation is 1. The number of amides is 1. The van der Waals surface area contributed by atoms with Crippen molar-refractivity contribution in [3.8, 4) is 5.75 Å². The maximum Gasteiger partial charge on any atom is 0.257 e. The normalized spacial score (nSPS) is 10.5. The average Bonchev–Trinajstić information content (AvgIpc) is 2.88. The Kier molecular flexibility index (Phi) is 6.30. The quantitative estimate of drug-likeness (QED) is 0.744. The summed E-state index contributed by atoms with van der Waals surface area (Å²) < 4.78 is 5.34. The fourth-order valence-corrected chi connectivity index (χ4v) is 2.78. The maximum absolute atomic E-state index is 11.7. The lowest BCUT2D eigenvalue weighted by Gasteiger charge is -2.08. The van der Waals surface area contributed by atoms with E-state index in [1.807, 2.05) is 5.38 Å². The van der Waals surface area contributed by atoms with Gasteiger partial charge in [0.15, 0.2) is 11.7 Å². The molecule has 0 unspecified atom stereocenters. The summed E-state index contributed by atoms with van der Waals surface area (Å²) in [5.41, 5.74) is 6.49. The molecular weight excluding hydrogens is 345 g/mol. The Morgan fingerprint density at radius 3 is 2.91 bits per heavy atom. The lowest BCUT2D eigenvalue weighted by molar-refractivity contribution is -0.123. The first-order valence-electron chi connectivity index (χ1n) is 6.59. The fourth-order valence-electron chi connectivity index (χ4n) is 1.72. The molecule has 0 radical (unpaired) electrons. The topological polar surface area (TPSA) is 77.2 Å². The van der Waals surface area contributed by atoms with E-state index >= 15 is 0 Å². The molecule has 0 atom stereocenters. The number of benzene rings is 1. The van der Waals surface area contributed by atoms with Gasteiger partial charge in [0.1, 0.15) is 5.75 Å². The molecular formula is C14H15Cl2N3O2S. The summed E-state index contributed by atoms with van der Waals surface area (Å²) in [7, 11) is 0. The molecule has 0 saturated heterocycles. The van der Waals surface area contributed by atoms with Crippen molar-refractivity contribution in [2.24, 2.45) is 0 Å². The van der Waals surface area contributed by atoms with Gasteiger partial charge in [-0.25, -0.2) is 4.98 Å². The van der Waals surface area contributed by atoms with E-state index in [2.05, 4.69) is 10.3 Å². The predicted octanol–water partition coefficient (Wildman–Crippen LogP) is 3.16. The molecule has 1 aromatic heterocycles. The van der Waals surface area contributed by atoms with Crippen LogP contribution in [-0.2, 0) is 11.2 Å². The highest BCUT2D eigenvalue weighted by Gasteiger charge is 2.06. The highest BCUT2D eigenvalue weighted by molar-refractivity contribution is 7.13. The second-order valence-electron chi connectivity index (χ2n) is 4.49. The summed E-state index contributed by atoms with van der Waals surface area (Å²) in [5, 5.41) is 6.15. The van der Waals surface area contributed by atoms with E-state index in [4.69, 9.17) is 33.7 Å². The molecule has 0 bridgehead atoms. The molecule has 1 aromatic carbocycles. The average molecular weight is 360 g/mol. The van der Waals surface area contributed by atoms with Crippen LogP contribution in [0.5, 0.6) is 5.75 Å². The van der Waals surface area contributed by atoms with E-state index in [0.29, 0.717) is 27.5 Å². The zero-order chi connectivity index (χ0) is 15.9. The van der Waals surface area contributed by atoms with E-state index in [9.17, 15) is 4.79 Å². The highest BCUT2D eigenvalue weighted by atomic mass is 35.5. The van der Waals surface area contributed by atoms with Crippen LogP contribution in [0.4, 0.5) is 5.13 Å². The van der Waals surface area contributed by atoms with Gasteiger partial charge in [-0.3, -0.25) is 4.79 Å². The first-order valence-corrected chi connectivity index (χ1v) is 8.22. The first-order chi connectivity index (χ1) is 10.5. The molecule has 2 rings (SSSR count). The van der Waals surface area contributed by atoms with Crippen molar-refractivity contribution in [1.82, 2.24) is 10.3 Å². The van der Waals surface area contributed by atoms with Crippen LogP contribution in [0.2, 0.25) is 10.0 Å². The van der Waals surface area contributed by atoms with Gasteiger partial charge in [0.2, 0.25) is 0 Å². The number of ether oxygens (including phenoxy) is 1. The number of nitrogens with one attached hydrogen (secondary N) is 1. The van der Waals surface area contributed by atoms with Crippen LogP contribution in [0.3, 0.4) is 0 Å². The van der Waals surface area contributed by atoms with Crippen molar-refractivity contribution in [3.63, 3.8) is 0 Å². The van der Waals surface area contributed by atoms with E-state index in [0.717, 1.165) is 18.5 Å². The standard InChI is InChI=1S/C14H15Cl2N3O2S/c15-9-3-4-12(11(16)6-9)21-7-13(20)18-5-1-2-10-8-22-14(17)19-10/h3-4,6,8H,1-2,5,7H2,(H2,17,19)(H,18,20). The highest BCUT2D eigenvalue weighted by Crippen LogP contribution is 2.27. The summed E-state index contributed by atoms with van der Waals surface area (Å²) in [6.07, 6.45) is 1.56. The lowest BCUT2D eigenvalue weighted by Crippen LogP contribution is -2.30. The van der Waals surface area contributed by atoms with Gasteiger partial charge in [-0.2, -0.15) is 0 Å². The maximum atomic E-state index is 11.7. The number of anilines is 1. The summed E-state index contributed by atoms with van der Waals surface area (Å²) in [6.45, 7) is 0.457. The van der Waals surface area contributed by atoms with Crippen LogP contribution in [0.1, 0.15) is 12.1 Å². The summed E-state index contributed by atoms with van der Waals surface area (Å²) >= 11 is 13.2. The van der Waals surface area contributed by atoms with Gasteiger partial charge < -0.3 is 15.8 Å². The Balaban J connectivity index is 1.65. The molecule has 8 heteroatoms. The summed E-state index contributed by atoms with van der Waals surface area (Å²) in [6, 6.07) is 4.85. The summed E-state index contributed by atoms with van der Waals surface area (Å²) in [5.74, 6) is 0.225. The molecule has 0 aliphatic carbocycles. The Morgan fingerprint density at radius 1 is 1.41 bits per heavy atom. The smallest absolute Gasteiger partial charge is 0.257 e. The van der Waals surface area contributed by atoms with Crippen molar-refractivity contribution in [2.45, 2.75) is 12.8 Å². The minimum absolute atomic E-state index is 0.0923. The molecule has 0 aliphatic heterocycles. The third-order valence-electron chi connectivity index (χ3n) is 2.75. The van der Waals surface area contributed by atoms with Crippen molar-refractivity contribution in [3.05, 3.63) is 39.3 Å². The Hall–Kier alpha value is -1.50. The largest absolute Gasteiger partial charge is 0.482 e. The van der Waals surface area contributed by atoms with Crippen molar-refractivity contribution in [2.75, 3.05) is 18.9 Å². The molecule has 0 spiro atoms. The molecule has 22 heavy (non-hydrogen) atoms. The van der Waals surface area contributed by atoms with Crippen molar-refractivity contribution >= 4 is 45.6 Å². The zero-order valence-electron chi connectivity index (χ0n) is 11.6. The van der Waals surface area contributed by atoms with Gasteiger partial charge in [0.25, 0.3) is 5.91 Å². The number of carbonyl (C=O) groups excluding carboxylic acids is 1. The Bertz CT molecular complexity index is 649. The van der Waals surface area contributed by atoms with E-state index < -0.39 is 0 Å². The van der Waals surface area contributed by atoms with E-state index in [-0.39, 0.29) is 12.5 Å². The number of nitrogen functional groups attached to an aromatic ring is 1. The van der Waals surface area contributed by atoms with Crippen LogP contribution in [0, 0.1) is 0 Å². The number of thiazole rings is 1. The molecule has 0 aliphatic rings. The first kappa shape index (κ1) is 16.9. The molecule has 118 valence electrons. The van der Waals surface area contributed by atoms with Crippen LogP contribution in [0.25, 0.3) is 0 Å². The predicted molar refractivity (Wildman–Crippen MR) is 89.8 cm³/mol. The molecule has 3 N–H and O–H groups in total. The van der Waals surface area contributed by atoms with Crippen LogP contribution in [0.15, 0.2) is 23.6 Å². The molecule has 1 amide bonds. The van der Waals surface area contributed by atoms with Crippen LogP contribution >= 0.6 is 34.5 Å². The number of halogens is 2. The van der Waals surface area contributed by atoms with Gasteiger partial charge in [0, 0.05) is 16.9 Å². The van der Waals surface area contributed by atoms with Crippen LogP contribution in [-0.4, -0.2) is 24.0 Å². The number of aromatic nitrogens is 1. The third-order valence-corrected chi connectivity index (χ3v) is 4.01. The van der Waals surface area contributed by atoms with Gasteiger partial charge in [-0.05, 0) is 31.0 Å². The monoisotopic (exact) mass is 359 g/mol. The van der Waals surface area contributed by atoms with E-state index in [1.54, 1.807) is 18.2 Å². The second-order valence-corrected chi connectivity index (χ2v) is 6.23. The minimum atomic E-state index is -0.205. The number of nitrogens with two attached hydrogens (primary N) is 1. The SMILES string of the molecule is Nc1nc(CCCNC(=O)COc2ccc(Cl)cc2Cl)cs1. The molecule has 0 fully saturated rings. The Labute approximate surface area is 142 Å². The van der Waals surface area contributed by atoms with Crippen molar-refractivity contribution < 1.29 is 9.53 Å². The molecule has 1 heterocycles. The number of rotatable bonds is 7. The lowest BCUT2D eigenvalue weighted by atomic mass is 10.2. The summed E-state index contributed by atoms with van der Waals surface area (Å²) in [4.78, 5) is 15.8. The zero-order valence-corrected chi connectivity index (χ0v) is 14.0. The van der Waals surface area contributed by atoms with Gasteiger partial charge in [0.05, 0.1) is 10.7 Å². The number of hydrogen-bond acceptors (Lipinski definition) is 5. The van der Waals surface area contributed by atoms with Gasteiger partial charge >= 0.3 is 0 Å². The number of hydrogen-bond donors (Lipinski definition) is 2. The second kappa shape index (κ2) is 8.22. The van der Waals surface area contributed by atoms with E-state index in [1.165, 1.54) is 11.3 Å². The van der Waals surface area contributed by atoms with Gasteiger partial charge in [-0.1, -0.05) is 23.2 Å². The minimum Gasteiger partial charge on any atom is -0.482 e. The Morgan fingerprint density at radius 2 is 2.23 bits per heavy atom. The van der Waals surface area contributed by atoms with Crippen LogP contribution < -0.4 is 15.8 Å². The molecule has 2 aromatic rings. The molecule has 5 nitrogen and oxygen atoms in total. The van der Waals surface area contributed by atoms with Crippen molar-refractivity contribution in [1.29, 1.82) is 0 Å².